The Kier molecular flexibility index (Phi) is 4.28. The van der Waals surface area contributed by atoms with Gasteiger partial charge in [-0.2, -0.15) is 0 Å². The first-order valence-electron chi connectivity index (χ1n) is 10.3. The second-order valence-corrected chi connectivity index (χ2v) is 8.68. The second-order valence-electron chi connectivity index (χ2n) is 8.68. The lowest BCUT2D eigenvalue weighted by Gasteiger charge is -2.44. The van der Waals surface area contributed by atoms with Crippen LogP contribution in [0, 0.1) is 5.41 Å². The standard InChI is InChI=1S/C20H29N3O3/c24-19-20(6-1-8-23(19)17-4-10-25-11-5-17)7-9-22(14-20)13-16-12-18(26-21-16)15-2-3-15/h12,15,17H,1-11,13-14H2/t20-/m0/s1. The summed E-state index contributed by atoms with van der Waals surface area (Å²) >= 11 is 0. The Morgan fingerprint density at radius 3 is 2.81 bits per heavy atom. The highest BCUT2D eigenvalue weighted by Crippen LogP contribution is 2.43. The predicted molar refractivity (Wildman–Crippen MR) is 95.6 cm³/mol. The zero-order valence-electron chi connectivity index (χ0n) is 15.5. The molecule has 4 fully saturated rings. The first-order valence-corrected chi connectivity index (χ1v) is 10.3. The van der Waals surface area contributed by atoms with E-state index in [1.54, 1.807) is 0 Å². The number of carbonyl (C=O) groups excluding carboxylic acids is 1. The monoisotopic (exact) mass is 359 g/mol. The van der Waals surface area contributed by atoms with Gasteiger partial charge in [0.15, 0.2) is 0 Å². The Labute approximate surface area is 154 Å². The molecule has 0 N–H and O–H groups in total. The molecule has 0 radical (unpaired) electrons. The molecule has 6 nitrogen and oxygen atoms in total. The van der Waals surface area contributed by atoms with Gasteiger partial charge in [-0.1, -0.05) is 5.16 Å². The number of hydrogen-bond acceptors (Lipinski definition) is 5. The van der Waals surface area contributed by atoms with Gasteiger partial charge in [-0.15, -0.1) is 0 Å². The van der Waals surface area contributed by atoms with Crippen molar-refractivity contribution in [2.75, 3.05) is 32.8 Å². The van der Waals surface area contributed by atoms with Crippen molar-refractivity contribution in [1.82, 2.24) is 15.0 Å². The van der Waals surface area contributed by atoms with Crippen molar-refractivity contribution in [3.05, 3.63) is 17.5 Å². The lowest BCUT2D eigenvalue weighted by molar-refractivity contribution is -0.150. The van der Waals surface area contributed by atoms with Crippen molar-refractivity contribution >= 4 is 5.91 Å². The third-order valence-corrected chi connectivity index (χ3v) is 6.78. The normalized spacial score (nSPS) is 31.2. The van der Waals surface area contributed by atoms with Gasteiger partial charge in [0.05, 0.1) is 11.1 Å². The molecule has 4 heterocycles. The van der Waals surface area contributed by atoms with Crippen molar-refractivity contribution in [1.29, 1.82) is 0 Å². The van der Waals surface area contributed by atoms with Crippen molar-refractivity contribution in [3.63, 3.8) is 0 Å². The largest absolute Gasteiger partial charge is 0.381 e. The highest BCUT2D eigenvalue weighted by Gasteiger charge is 2.49. The van der Waals surface area contributed by atoms with Crippen LogP contribution in [0.3, 0.4) is 0 Å². The van der Waals surface area contributed by atoms with Gasteiger partial charge >= 0.3 is 0 Å². The molecule has 26 heavy (non-hydrogen) atoms. The molecule has 0 bridgehead atoms. The van der Waals surface area contributed by atoms with Gasteiger partial charge in [-0.05, 0) is 51.5 Å². The van der Waals surface area contributed by atoms with Gasteiger partial charge in [0.1, 0.15) is 5.76 Å². The molecule has 1 spiro atoms. The minimum Gasteiger partial charge on any atom is -0.381 e. The number of likely N-dealkylation sites (tertiary alicyclic amines) is 2. The van der Waals surface area contributed by atoms with Crippen LogP contribution in [0.5, 0.6) is 0 Å². The Morgan fingerprint density at radius 1 is 1.15 bits per heavy atom. The highest BCUT2D eigenvalue weighted by molar-refractivity contribution is 5.84. The first kappa shape index (κ1) is 16.8. The topological polar surface area (TPSA) is 58.8 Å². The second kappa shape index (κ2) is 6.64. The van der Waals surface area contributed by atoms with E-state index >= 15 is 0 Å². The molecule has 1 aromatic heterocycles. The van der Waals surface area contributed by atoms with Gasteiger partial charge in [0.2, 0.25) is 5.91 Å². The molecular weight excluding hydrogens is 330 g/mol. The summed E-state index contributed by atoms with van der Waals surface area (Å²) in [5.74, 6) is 2.06. The van der Waals surface area contributed by atoms with Crippen LogP contribution < -0.4 is 0 Å². The van der Waals surface area contributed by atoms with E-state index in [-0.39, 0.29) is 5.41 Å². The Balaban J connectivity index is 1.24. The van der Waals surface area contributed by atoms with E-state index in [0.29, 0.717) is 17.9 Å². The van der Waals surface area contributed by atoms with E-state index < -0.39 is 0 Å². The lowest BCUT2D eigenvalue weighted by Crippen LogP contribution is -2.54. The molecule has 1 aromatic rings. The molecule has 0 unspecified atom stereocenters. The van der Waals surface area contributed by atoms with Crippen LogP contribution in [-0.4, -0.2) is 59.8 Å². The summed E-state index contributed by atoms with van der Waals surface area (Å²) in [6.07, 6.45) is 7.61. The van der Waals surface area contributed by atoms with Crippen LogP contribution in [0.1, 0.15) is 62.3 Å². The predicted octanol–water partition coefficient (Wildman–Crippen LogP) is 2.55. The fourth-order valence-corrected chi connectivity index (χ4v) is 5.11. The average molecular weight is 359 g/mol. The molecule has 1 amide bonds. The van der Waals surface area contributed by atoms with Crippen LogP contribution in [0.25, 0.3) is 0 Å². The zero-order valence-corrected chi connectivity index (χ0v) is 15.5. The third-order valence-electron chi connectivity index (χ3n) is 6.78. The zero-order chi connectivity index (χ0) is 17.6. The van der Waals surface area contributed by atoms with Crippen molar-refractivity contribution in [3.8, 4) is 0 Å². The van der Waals surface area contributed by atoms with Crippen LogP contribution in [-0.2, 0) is 16.1 Å². The molecule has 6 heteroatoms. The smallest absolute Gasteiger partial charge is 0.230 e. The number of piperidine rings is 1. The molecule has 1 saturated carbocycles. The molecule has 3 aliphatic heterocycles. The third kappa shape index (κ3) is 3.07. The number of nitrogens with zero attached hydrogens (tertiary/aromatic N) is 3. The van der Waals surface area contributed by atoms with Crippen molar-refractivity contribution < 1.29 is 14.1 Å². The summed E-state index contributed by atoms with van der Waals surface area (Å²) in [7, 11) is 0. The number of rotatable bonds is 4. The van der Waals surface area contributed by atoms with Gasteiger partial charge < -0.3 is 14.2 Å². The minimum atomic E-state index is -0.167. The van der Waals surface area contributed by atoms with Crippen LogP contribution in [0.15, 0.2) is 10.6 Å². The summed E-state index contributed by atoms with van der Waals surface area (Å²) in [5.41, 5.74) is 0.855. The summed E-state index contributed by atoms with van der Waals surface area (Å²) in [5, 5.41) is 4.26. The fourth-order valence-electron chi connectivity index (χ4n) is 5.11. The summed E-state index contributed by atoms with van der Waals surface area (Å²) < 4.78 is 11.0. The van der Waals surface area contributed by atoms with Crippen LogP contribution >= 0.6 is 0 Å². The SMILES string of the molecule is O=C1N(C2CCOCC2)CCC[C@@]12CCN(Cc1cc(C3CC3)on1)C2. The van der Waals surface area contributed by atoms with Crippen molar-refractivity contribution in [2.45, 2.75) is 63.5 Å². The van der Waals surface area contributed by atoms with E-state index in [4.69, 9.17) is 9.26 Å². The van der Waals surface area contributed by atoms with Gasteiger partial charge in [0, 0.05) is 50.9 Å². The minimum absolute atomic E-state index is 0.167. The Bertz CT molecular complexity index is 665. The van der Waals surface area contributed by atoms with E-state index in [1.165, 1.54) is 12.8 Å². The Hall–Kier alpha value is -1.40. The maximum absolute atomic E-state index is 13.4. The molecule has 3 saturated heterocycles. The van der Waals surface area contributed by atoms with E-state index in [0.717, 1.165) is 83.0 Å². The molecule has 1 aliphatic carbocycles. The van der Waals surface area contributed by atoms with Crippen molar-refractivity contribution in [2.24, 2.45) is 5.41 Å². The first-order chi connectivity index (χ1) is 12.7. The summed E-state index contributed by atoms with van der Waals surface area (Å²) in [4.78, 5) is 18.0. The molecule has 4 aliphatic rings. The average Bonchev–Trinajstić information content (AvgIpc) is 3.29. The van der Waals surface area contributed by atoms with E-state index in [9.17, 15) is 4.79 Å². The lowest BCUT2D eigenvalue weighted by atomic mass is 9.77. The number of carbonyl (C=O) groups is 1. The van der Waals surface area contributed by atoms with E-state index in [2.05, 4.69) is 21.0 Å². The maximum Gasteiger partial charge on any atom is 0.230 e. The van der Waals surface area contributed by atoms with E-state index in [1.807, 2.05) is 0 Å². The quantitative estimate of drug-likeness (QED) is 0.827. The maximum atomic E-state index is 13.4. The Morgan fingerprint density at radius 2 is 2.00 bits per heavy atom. The molecule has 142 valence electrons. The van der Waals surface area contributed by atoms with Gasteiger partial charge in [0.25, 0.3) is 0 Å². The molecule has 0 aromatic carbocycles. The van der Waals surface area contributed by atoms with Gasteiger partial charge in [-0.25, -0.2) is 0 Å². The molecule has 5 rings (SSSR count). The fraction of sp³-hybridized carbons (Fsp3) is 0.800. The van der Waals surface area contributed by atoms with Crippen LogP contribution in [0.2, 0.25) is 0 Å². The molecule has 1 atom stereocenters. The summed E-state index contributed by atoms with van der Waals surface area (Å²) in [6, 6.07) is 2.51. The number of amides is 1. The molecular formula is C20H29N3O3. The summed E-state index contributed by atoms with van der Waals surface area (Å²) in [6.45, 7) is 5.18. The number of aromatic nitrogens is 1. The van der Waals surface area contributed by atoms with Crippen LogP contribution in [0.4, 0.5) is 0 Å². The number of hydrogen-bond donors (Lipinski definition) is 0. The highest BCUT2D eigenvalue weighted by atomic mass is 16.5. The number of ether oxygens (including phenoxy) is 1. The van der Waals surface area contributed by atoms with Gasteiger partial charge in [-0.3, -0.25) is 9.69 Å².